The lowest BCUT2D eigenvalue weighted by Gasteiger charge is -2.05. The molecular weight excluding hydrogens is 245 g/mol. The van der Waals surface area contributed by atoms with Crippen molar-refractivity contribution in [1.82, 2.24) is 4.98 Å². The van der Waals surface area contributed by atoms with Crippen LogP contribution in [0.25, 0.3) is 0 Å². The van der Waals surface area contributed by atoms with Crippen LogP contribution in [0.2, 0.25) is 5.15 Å². The van der Waals surface area contributed by atoms with Crippen LogP contribution in [0.4, 0.5) is 0 Å². The third kappa shape index (κ3) is 1.59. The summed E-state index contributed by atoms with van der Waals surface area (Å²) in [6, 6.07) is 0. The van der Waals surface area contributed by atoms with E-state index in [1.807, 2.05) is 0 Å². The van der Waals surface area contributed by atoms with Gasteiger partial charge in [-0.3, -0.25) is 4.79 Å². The molecule has 3 nitrogen and oxygen atoms in total. The van der Waals surface area contributed by atoms with E-state index in [2.05, 4.69) is 20.9 Å². The van der Waals surface area contributed by atoms with Crippen molar-refractivity contribution in [1.29, 1.82) is 0 Å². The highest BCUT2D eigenvalue weighted by Gasteiger charge is 2.11. The van der Waals surface area contributed by atoms with Gasteiger partial charge in [0.05, 0.1) is 17.1 Å². The molecule has 1 heterocycles. The maximum atomic E-state index is 10.6. The summed E-state index contributed by atoms with van der Waals surface area (Å²) in [5, 5.41) is 0.183. The molecule has 0 amide bonds. The first kappa shape index (κ1) is 9.48. The largest absolute Gasteiger partial charge is 0.493 e. The van der Waals surface area contributed by atoms with Crippen molar-refractivity contribution in [3.63, 3.8) is 0 Å². The van der Waals surface area contributed by atoms with E-state index in [-0.39, 0.29) is 5.15 Å². The Morgan fingerprint density at radius 3 is 2.83 bits per heavy atom. The summed E-state index contributed by atoms with van der Waals surface area (Å²) in [4.78, 5) is 14.4. The highest BCUT2D eigenvalue weighted by Crippen LogP contribution is 2.30. The van der Waals surface area contributed by atoms with Crippen molar-refractivity contribution in [2.75, 3.05) is 7.11 Å². The molecule has 0 saturated heterocycles. The van der Waals surface area contributed by atoms with Crippen molar-refractivity contribution in [2.24, 2.45) is 0 Å². The number of hydrogen-bond donors (Lipinski definition) is 0. The van der Waals surface area contributed by atoms with E-state index in [0.29, 0.717) is 22.1 Å². The second kappa shape index (κ2) is 3.87. The van der Waals surface area contributed by atoms with Gasteiger partial charge in [-0.15, -0.1) is 0 Å². The van der Waals surface area contributed by atoms with Crippen molar-refractivity contribution in [3.8, 4) is 5.75 Å². The summed E-state index contributed by atoms with van der Waals surface area (Å²) >= 11 is 8.81. The second-order valence-electron chi connectivity index (χ2n) is 1.96. The summed E-state index contributed by atoms with van der Waals surface area (Å²) in [6.07, 6.45) is 2.12. The number of pyridine rings is 1. The molecule has 0 aliphatic heterocycles. The fourth-order valence-corrected chi connectivity index (χ4v) is 1.37. The SMILES string of the molecule is COc1c(Cl)ncc(Br)c1C=O. The topological polar surface area (TPSA) is 39.2 Å². The Balaban J connectivity index is 3.38. The maximum absolute atomic E-state index is 10.6. The first-order chi connectivity index (χ1) is 5.70. The lowest BCUT2D eigenvalue weighted by Crippen LogP contribution is -1.94. The quantitative estimate of drug-likeness (QED) is 0.597. The molecule has 1 rings (SSSR count). The fraction of sp³-hybridized carbons (Fsp3) is 0.143. The standard InChI is InChI=1S/C7H5BrClNO2/c1-12-6-4(3-11)5(8)2-10-7(6)9/h2-3H,1H3. The number of rotatable bonds is 2. The van der Waals surface area contributed by atoms with Crippen molar-refractivity contribution in [3.05, 3.63) is 21.4 Å². The summed E-state index contributed by atoms with van der Waals surface area (Å²) < 4.78 is 5.46. The van der Waals surface area contributed by atoms with Crippen LogP contribution in [0.3, 0.4) is 0 Å². The Kier molecular flexibility index (Phi) is 3.05. The first-order valence-electron chi connectivity index (χ1n) is 3.04. The van der Waals surface area contributed by atoms with Crippen molar-refractivity contribution >= 4 is 33.8 Å². The minimum absolute atomic E-state index is 0.183. The number of aldehydes is 1. The third-order valence-corrected chi connectivity index (χ3v) is 2.20. The number of aromatic nitrogens is 1. The highest BCUT2D eigenvalue weighted by molar-refractivity contribution is 9.10. The van der Waals surface area contributed by atoms with Gasteiger partial charge < -0.3 is 4.74 Å². The monoisotopic (exact) mass is 249 g/mol. The zero-order valence-electron chi connectivity index (χ0n) is 6.17. The molecule has 0 aliphatic carbocycles. The van der Waals surface area contributed by atoms with E-state index in [9.17, 15) is 4.79 Å². The molecule has 1 aromatic heterocycles. The number of carbonyl (C=O) groups is 1. The Bertz CT molecular complexity index is 317. The van der Waals surface area contributed by atoms with E-state index in [1.54, 1.807) is 0 Å². The number of nitrogens with zero attached hydrogens (tertiary/aromatic N) is 1. The molecule has 0 unspecified atom stereocenters. The number of methoxy groups -OCH3 is 1. The van der Waals surface area contributed by atoms with Crippen LogP contribution in [-0.4, -0.2) is 18.4 Å². The van der Waals surface area contributed by atoms with Gasteiger partial charge in [-0.05, 0) is 15.9 Å². The lowest BCUT2D eigenvalue weighted by molar-refractivity contribution is 0.111. The Labute approximate surface area is 82.8 Å². The molecule has 0 saturated carbocycles. The summed E-state index contributed by atoms with van der Waals surface area (Å²) in [5.41, 5.74) is 0.373. The molecule has 0 aliphatic rings. The Hall–Kier alpha value is -0.610. The van der Waals surface area contributed by atoms with Crippen LogP contribution in [0, 0.1) is 0 Å². The minimum atomic E-state index is 0.183. The minimum Gasteiger partial charge on any atom is -0.493 e. The first-order valence-corrected chi connectivity index (χ1v) is 4.21. The average molecular weight is 250 g/mol. The van der Waals surface area contributed by atoms with Gasteiger partial charge in [-0.25, -0.2) is 4.98 Å². The maximum Gasteiger partial charge on any atom is 0.171 e. The predicted octanol–water partition coefficient (Wildman–Crippen LogP) is 2.32. The van der Waals surface area contributed by atoms with Crippen LogP contribution >= 0.6 is 27.5 Å². The molecule has 0 aromatic carbocycles. The van der Waals surface area contributed by atoms with E-state index in [4.69, 9.17) is 16.3 Å². The molecule has 1 aromatic rings. The molecule has 0 bridgehead atoms. The molecular formula is C7H5BrClNO2. The van der Waals surface area contributed by atoms with Gasteiger partial charge in [0.15, 0.2) is 17.2 Å². The average Bonchev–Trinajstić information content (AvgIpc) is 2.08. The van der Waals surface area contributed by atoms with Crippen LogP contribution in [0.1, 0.15) is 10.4 Å². The van der Waals surface area contributed by atoms with E-state index in [1.165, 1.54) is 13.3 Å². The Morgan fingerprint density at radius 2 is 2.42 bits per heavy atom. The van der Waals surface area contributed by atoms with E-state index >= 15 is 0 Å². The molecule has 0 spiro atoms. The molecule has 5 heteroatoms. The zero-order chi connectivity index (χ0) is 9.14. The van der Waals surface area contributed by atoms with Gasteiger partial charge in [-0.2, -0.15) is 0 Å². The van der Waals surface area contributed by atoms with Gasteiger partial charge >= 0.3 is 0 Å². The van der Waals surface area contributed by atoms with Gasteiger partial charge in [0, 0.05) is 6.20 Å². The highest BCUT2D eigenvalue weighted by atomic mass is 79.9. The molecule has 0 fully saturated rings. The van der Waals surface area contributed by atoms with E-state index in [0.717, 1.165) is 0 Å². The normalized spacial score (nSPS) is 9.58. The molecule has 0 atom stereocenters. The van der Waals surface area contributed by atoms with Crippen LogP contribution in [-0.2, 0) is 0 Å². The summed E-state index contributed by atoms with van der Waals surface area (Å²) in [5.74, 6) is 0.293. The smallest absolute Gasteiger partial charge is 0.171 e. The van der Waals surface area contributed by atoms with Crippen molar-refractivity contribution < 1.29 is 9.53 Å². The van der Waals surface area contributed by atoms with Gasteiger partial charge in [0.2, 0.25) is 0 Å². The molecule has 0 radical (unpaired) electrons. The van der Waals surface area contributed by atoms with Gasteiger partial charge in [0.25, 0.3) is 0 Å². The van der Waals surface area contributed by atoms with E-state index < -0.39 is 0 Å². The Morgan fingerprint density at radius 1 is 1.75 bits per heavy atom. The number of halogens is 2. The van der Waals surface area contributed by atoms with Gasteiger partial charge in [-0.1, -0.05) is 11.6 Å². The van der Waals surface area contributed by atoms with Crippen LogP contribution < -0.4 is 4.74 Å². The van der Waals surface area contributed by atoms with Crippen molar-refractivity contribution in [2.45, 2.75) is 0 Å². The molecule has 0 N–H and O–H groups in total. The number of ether oxygens (including phenoxy) is 1. The summed E-state index contributed by atoms with van der Waals surface area (Å²) in [6.45, 7) is 0. The molecule has 12 heavy (non-hydrogen) atoms. The predicted molar refractivity (Wildman–Crippen MR) is 48.9 cm³/mol. The van der Waals surface area contributed by atoms with Crippen LogP contribution in [0.5, 0.6) is 5.75 Å². The second-order valence-corrected chi connectivity index (χ2v) is 3.17. The summed E-state index contributed by atoms with van der Waals surface area (Å²) in [7, 11) is 1.43. The number of hydrogen-bond acceptors (Lipinski definition) is 3. The zero-order valence-corrected chi connectivity index (χ0v) is 8.52. The number of carbonyl (C=O) groups excluding carboxylic acids is 1. The van der Waals surface area contributed by atoms with Gasteiger partial charge in [0.1, 0.15) is 0 Å². The molecule has 64 valence electrons. The fourth-order valence-electron chi connectivity index (χ4n) is 0.765. The van der Waals surface area contributed by atoms with Crippen LogP contribution in [0.15, 0.2) is 10.7 Å². The lowest BCUT2D eigenvalue weighted by atomic mass is 10.3. The third-order valence-electron chi connectivity index (χ3n) is 1.30.